The molecule has 0 atom stereocenters. The van der Waals surface area contributed by atoms with Crippen LogP contribution in [0.3, 0.4) is 0 Å². The van der Waals surface area contributed by atoms with E-state index in [1.807, 2.05) is 36.4 Å². The second kappa shape index (κ2) is 7.16. The Kier molecular flexibility index (Phi) is 4.57. The number of carbonyl (C=O) groups is 1. The molecule has 3 nitrogen and oxygen atoms in total. The Balaban J connectivity index is 1.57. The van der Waals surface area contributed by atoms with Crippen LogP contribution in [0, 0.1) is 5.82 Å². The molecule has 0 saturated carbocycles. The number of piperidine rings is 1. The van der Waals surface area contributed by atoms with Crippen LogP contribution in [-0.2, 0) is 0 Å². The van der Waals surface area contributed by atoms with Gasteiger partial charge in [0.05, 0.1) is 5.69 Å². The van der Waals surface area contributed by atoms with Crippen LogP contribution in [0.2, 0.25) is 0 Å². The highest BCUT2D eigenvalue weighted by atomic mass is 19.1. The van der Waals surface area contributed by atoms with E-state index in [0.29, 0.717) is 16.9 Å². The van der Waals surface area contributed by atoms with Gasteiger partial charge >= 0.3 is 0 Å². The molecule has 4 heteroatoms. The van der Waals surface area contributed by atoms with Crippen LogP contribution in [0.25, 0.3) is 10.8 Å². The number of nitrogens with one attached hydrogen (secondary N) is 1. The summed E-state index contributed by atoms with van der Waals surface area (Å²) in [6, 6.07) is 18.3. The third-order valence-electron chi connectivity index (χ3n) is 4.94. The van der Waals surface area contributed by atoms with Gasteiger partial charge < -0.3 is 10.2 Å². The molecule has 132 valence electrons. The van der Waals surface area contributed by atoms with Crippen molar-refractivity contribution in [1.82, 2.24) is 0 Å². The normalized spacial score (nSPS) is 14.4. The van der Waals surface area contributed by atoms with Gasteiger partial charge in [0.25, 0.3) is 5.91 Å². The van der Waals surface area contributed by atoms with Crippen molar-refractivity contribution < 1.29 is 9.18 Å². The van der Waals surface area contributed by atoms with E-state index in [1.165, 1.54) is 12.5 Å². The highest BCUT2D eigenvalue weighted by Crippen LogP contribution is 2.26. The Morgan fingerprint density at radius 2 is 1.69 bits per heavy atom. The molecule has 0 spiro atoms. The van der Waals surface area contributed by atoms with Crippen LogP contribution in [0.1, 0.15) is 29.6 Å². The summed E-state index contributed by atoms with van der Waals surface area (Å²) in [6.07, 6.45) is 3.40. The summed E-state index contributed by atoms with van der Waals surface area (Å²) >= 11 is 0. The van der Waals surface area contributed by atoms with Crippen molar-refractivity contribution in [1.29, 1.82) is 0 Å². The van der Waals surface area contributed by atoms with Crippen LogP contribution >= 0.6 is 0 Å². The first-order valence-corrected chi connectivity index (χ1v) is 9.06. The Hall–Kier alpha value is -2.88. The molecule has 1 aliphatic rings. The van der Waals surface area contributed by atoms with Gasteiger partial charge in [-0.05, 0) is 54.3 Å². The first-order valence-electron chi connectivity index (χ1n) is 9.06. The van der Waals surface area contributed by atoms with Crippen molar-refractivity contribution in [3.63, 3.8) is 0 Å². The molecule has 0 bridgehead atoms. The molecular formula is C22H21FN2O. The second-order valence-electron chi connectivity index (χ2n) is 6.69. The Bertz CT molecular complexity index is 943. The maximum atomic E-state index is 14.5. The largest absolute Gasteiger partial charge is 0.369 e. The van der Waals surface area contributed by atoms with Crippen molar-refractivity contribution in [3.05, 3.63) is 72.0 Å². The summed E-state index contributed by atoms with van der Waals surface area (Å²) in [5.41, 5.74) is 1.68. The molecule has 3 aromatic carbocycles. The lowest BCUT2D eigenvalue weighted by atomic mass is 10.0. The third kappa shape index (κ3) is 3.27. The van der Waals surface area contributed by atoms with Gasteiger partial charge in [0.1, 0.15) is 5.82 Å². The maximum Gasteiger partial charge on any atom is 0.256 e. The lowest BCUT2D eigenvalue weighted by molar-refractivity contribution is 0.102. The fraction of sp³-hybridized carbons (Fsp3) is 0.227. The zero-order valence-corrected chi connectivity index (χ0v) is 14.5. The molecule has 1 heterocycles. The lowest BCUT2D eigenvalue weighted by Gasteiger charge is -2.29. The van der Waals surface area contributed by atoms with Gasteiger partial charge in [-0.25, -0.2) is 4.39 Å². The molecule has 0 unspecified atom stereocenters. The van der Waals surface area contributed by atoms with E-state index in [2.05, 4.69) is 10.2 Å². The van der Waals surface area contributed by atoms with E-state index in [9.17, 15) is 9.18 Å². The van der Waals surface area contributed by atoms with Gasteiger partial charge in [0.2, 0.25) is 0 Å². The van der Waals surface area contributed by atoms with Crippen LogP contribution in [0.15, 0.2) is 60.7 Å². The van der Waals surface area contributed by atoms with E-state index in [0.717, 1.165) is 36.7 Å². The number of nitrogens with zero attached hydrogens (tertiary/aromatic N) is 1. The topological polar surface area (TPSA) is 32.3 Å². The zero-order chi connectivity index (χ0) is 17.9. The molecular weight excluding hydrogens is 327 g/mol. The second-order valence-corrected chi connectivity index (χ2v) is 6.69. The summed E-state index contributed by atoms with van der Waals surface area (Å²) in [5.74, 6) is -0.519. The quantitative estimate of drug-likeness (QED) is 0.704. The molecule has 4 rings (SSSR count). The van der Waals surface area contributed by atoms with Gasteiger partial charge in [0, 0.05) is 24.3 Å². The molecule has 1 aliphatic heterocycles. The molecule has 3 aromatic rings. The number of hydrogen-bond acceptors (Lipinski definition) is 2. The molecule has 0 aromatic heterocycles. The van der Waals surface area contributed by atoms with E-state index in [-0.39, 0.29) is 11.7 Å². The fourth-order valence-electron chi connectivity index (χ4n) is 3.60. The highest BCUT2D eigenvalue weighted by molar-refractivity contribution is 6.12. The first kappa shape index (κ1) is 16.6. The number of carbonyl (C=O) groups excluding carboxylic acids is 1. The monoisotopic (exact) mass is 348 g/mol. The van der Waals surface area contributed by atoms with E-state index in [1.54, 1.807) is 18.2 Å². The molecule has 26 heavy (non-hydrogen) atoms. The first-order chi connectivity index (χ1) is 12.7. The van der Waals surface area contributed by atoms with Crippen LogP contribution in [0.4, 0.5) is 15.8 Å². The predicted molar refractivity (Wildman–Crippen MR) is 104 cm³/mol. The number of fused-ring (bicyclic) bond motifs is 1. The van der Waals surface area contributed by atoms with E-state index < -0.39 is 0 Å². The summed E-state index contributed by atoms with van der Waals surface area (Å²) in [7, 11) is 0. The standard InChI is InChI=1S/C22H21FN2O/c23-20-15-17(11-12-21(20)25-13-4-1-5-14-25)24-22(26)19-10-6-8-16-7-2-3-9-18(16)19/h2-3,6-12,15H,1,4-5,13-14H2,(H,24,26). The van der Waals surface area contributed by atoms with Crippen molar-refractivity contribution in [2.24, 2.45) is 0 Å². The maximum absolute atomic E-state index is 14.5. The van der Waals surface area contributed by atoms with Gasteiger partial charge in [-0.3, -0.25) is 4.79 Å². The van der Waals surface area contributed by atoms with Crippen molar-refractivity contribution in [2.45, 2.75) is 19.3 Å². The Morgan fingerprint density at radius 1 is 0.923 bits per heavy atom. The molecule has 0 radical (unpaired) electrons. The minimum Gasteiger partial charge on any atom is -0.369 e. The smallest absolute Gasteiger partial charge is 0.256 e. The molecule has 1 saturated heterocycles. The minimum absolute atomic E-state index is 0.230. The lowest BCUT2D eigenvalue weighted by Crippen LogP contribution is -2.30. The van der Waals surface area contributed by atoms with E-state index >= 15 is 0 Å². The van der Waals surface area contributed by atoms with Crippen LogP contribution in [-0.4, -0.2) is 19.0 Å². The van der Waals surface area contributed by atoms with Gasteiger partial charge in [-0.1, -0.05) is 36.4 Å². The van der Waals surface area contributed by atoms with E-state index in [4.69, 9.17) is 0 Å². The Labute approximate surface area is 152 Å². The van der Waals surface area contributed by atoms with Crippen LogP contribution < -0.4 is 10.2 Å². The molecule has 1 N–H and O–H groups in total. The Morgan fingerprint density at radius 3 is 2.50 bits per heavy atom. The number of benzene rings is 3. The number of halogens is 1. The van der Waals surface area contributed by atoms with Gasteiger partial charge in [-0.15, -0.1) is 0 Å². The number of hydrogen-bond donors (Lipinski definition) is 1. The molecule has 1 fully saturated rings. The zero-order valence-electron chi connectivity index (χ0n) is 14.5. The number of anilines is 2. The molecule has 0 aliphatic carbocycles. The summed E-state index contributed by atoms with van der Waals surface area (Å²) in [6.45, 7) is 1.78. The minimum atomic E-state index is -0.289. The van der Waals surface area contributed by atoms with Crippen LogP contribution in [0.5, 0.6) is 0 Å². The number of amides is 1. The predicted octanol–water partition coefficient (Wildman–Crippen LogP) is 5.22. The summed E-state index contributed by atoms with van der Waals surface area (Å²) < 4.78 is 14.5. The van der Waals surface area contributed by atoms with Crippen molar-refractivity contribution in [2.75, 3.05) is 23.3 Å². The fourth-order valence-corrected chi connectivity index (χ4v) is 3.60. The van der Waals surface area contributed by atoms with Crippen molar-refractivity contribution >= 4 is 28.1 Å². The number of rotatable bonds is 3. The van der Waals surface area contributed by atoms with Crippen molar-refractivity contribution in [3.8, 4) is 0 Å². The van der Waals surface area contributed by atoms with Gasteiger partial charge in [0.15, 0.2) is 0 Å². The average molecular weight is 348 g/mol. The average Bonchev–Trinajstić information content (AvgIpc) is 2.68. The summed E-state index contributed by atoms with van der Waals surface area (Å²) in [5, 5.41) is 4.72. The SMILES string of the molecule is O=C(Nc1ccc(N2CCCCC2)c(F)c1)c1cccc2ccccc12. The highest BCUT2D eigenvalue weighted by Gasteiger charge is 2.16. The summed E-state index contributed by atoms with van der Waals surface area (Å²) in [4.78, 5) is 14.8. The van der Waals surface area contributed by atoms with Gasteiger partial charge in [-0.2, -0.15) is 0 Å². The molecule has 1 amide bonds. The third-order valence-corrected chi connectivity index (χ3v) is 4.94.